The van der Waals surface area contributed by atoms with Crippen LogP contribution in [0.25, 0.3) is 21.7 Å². The number of nitrogens with zero attached hydrogens (tertiary/aromatic N) is 2. The zero-order valence-corrected chi connectivity index (χ0v) is 18.9. The maximum absolute atomic E-state index is 13.5. The van der Waals surface area contributed by atoms with Crippen LogP contribution in [0.15, 0.2) is 66.7 Å². The summed E-state index contributed by atoms with van der Waals surface area (Å²) in [5.74, 6) is 0.104. The topological polar surface area (TPSA) is 104 Å². The number of nitro groups is 1. The first-order valence-corrected chi connectivity index (χ1v) is 10.8. The van der Waals surface area contributed by atoms with E-state index in [4.69, 9.17) is 9.47 Å². The van der Waals surface area contributed by atoms with Gasteiger partial charge in [-0.25, -0.2) is 9.37 Å². The van der Waals surface area contributed by atoms with Crippen LogP contribution in [0.3, 0.4) is 0 Å². The number of non-ortho nitro benzene ring substituents is 1. The molecule has 0 saturated heterocycles. The first kappa shape index (κ1) is 22.9. The van der Waals surface area contributed by atoms with Gasteiger partial charge >= 0.3 is 0 Å². The van der Waals surface area contributed by atoms with Crippen LogP contribution in [0.5, 0.6) is 11.5 Å². The molecule has 0 bridgehead atoms. The number of rotatable bonds is 7. The second-order valence-electron chi connectivity index (χ2n) is 7.06. The molecule has 0 saturated carbocycles. The van der Waals surface area contributed by atoms with Crippen molar-refractivity contribution >= 4 is 28.1 Å². The van der Waals surface area contributed by atoms with Gasteiger partial charge in [0.1, 0.15) is 17.3 Å². The molecule has 0 aliphatic heterocycles. The third kappa shape index (κ3) is 4.86. The van der Waals surface area contributed by atoms with Gasteiger partial charge in [0.25, 0.3) is 11.6 Å². The van der Waals surface area contributed by atoms with Crippen LogP contribution in [0.2, 0.25) is 0 Å². The SMILES string of the molecule is COc1cc(OC)cc(C(=O)Nc2nc(-c3ccc(F)cc3)c(-c3ccc([N+](=O)[O-])cc3)s2)c1. The Morgan fingerprint density at radius 3 is 2.12 bits per heavy atom. The molecule has 0 aliphatic rings. The lowest BCUT2D eigenvalue weighted by atomic mass is 10.1. The number of anilines is 1. The van der Waals surface area contributed by atoms with Gasteiger partial charge in [0.05, 0.1) is 29.7 Å². The normalized spacial score (nSPS) is 10.6. The summed E-state index contributed by atoms with van der Waals surface area (Å²) < 4.78 is 23.9. The minimum absolute atomic E-state index is 0.0444. The van der Waals surface area contributed by atoms with Crippen molar-refractivity contribution in [2.24, 2.45) is 0 Å². The number of hydrogen-bond acceptors (Lipinski definition) is 7. The van der Waals surface area contributed by atoms with Crippen LogP contribution in [0.1, 0.15) is 10.4 Å². The molecule has 4 aromatic rings. The van der Waals surface area contributed by atoms with E-state index < -0.39 is 16.6 Å². The number of thiazole rings is 1. The quantitative estimate of drug-likeness (QED) is 0.266. The molecule has 1 heterocycles. The molecule has 10 heteroatoms. The summed E-state index contributed by atoms with van der Waals surface area (Å²) in [5.41, 5.74) is 2.08. The number of carbonyl (C=O) groups is 1. The molecule has 8 nitrogen and oxygen atoms in total. The van der Waals surface area contributed by atoms with E-state index in [-0.39, 0.29) is 5.69 Å². The Morgan fingerprint density at radius 2 is 1.56 bits per heavy atom. The highest BCUT2D eigenvalue weighted by Crippen LogP contribution is 2.40. The van der Waals surface area contributed by atoms with Crippen molar-refractivity contribution in [2.45, 2.75) is 0 Å². The highest BCUT2D eigenvalue weighted by molar-refractivity contribution is 7.19. The lowest BCUT2D eigenvalue weighted by Crippen LogP contribution is -2.12. The van der Waals surface area contributed by atoms with Crippen LogP contribution in [0.4, 0.5) is 15.2 Å². The molecule has 172 valence electrons. The van der Waals surface area contributed by atoms with Gasteiger partial charge in [-0.2, -0.15) is 0 Å². The lowest BCUT2D eigenvalue weighted by molar-refractivity contribution is -0.384. The molecule has 34 heavy (non-hydrogen) atoms. The largest absolute Gasteiger partial charge is 0.497 e. The zero-order valence-electron chi connectivity index (χ0n) is 18.1. The van der Waals surface area contributed by atoms with E-state index in [0.717, 1.165) is 0 Å². The number of methoxy groups -OCH3 is 2. The summed E-state index contributed by atoms with van der Waals surface area (Å²) in [4.78, 5) is 28.7. The standard InChI is InChI=1S/C24H18FN3O5S/c1-32-19-11-16(12-20(13-19)33-2)23(29)27-24-26-21(14-3-7-17(25)8-4-14)22(34-24)15-5-9-18(10-6-15)28(30)31/h3-13H,1-2H3,(H,26,27,29). The fourth-order valence-corrected chi connectivity index (χ4v) is 4.20. The summed E-state index contributed by atoms with van der Waals surface area (Å²) in [5, 5.41) is 14.1. The van der Waals surface area contributed by atoms with Gasteiger partial charge in [0, 0.05) is 29.3 Å². The Bertz CT molecular complexity index is 1330. The highest BCUT2D eigenvalue weighted by atomic mass is 32.1. The van der Waals surface area contributed by atoms with E-state index in [9.17, 15) is 19.3 Å². The minimum Gasteiger partial charge on any atom is -0.497 e. The smallest absolute Gasteiger partial charge is 0.269 e. The molecule has 1 N–H and O–H groups in total. The van der Waals surface area contributed by atoms with Crippen LogP contribution in [-0.2, 0) is 0 Å². The van der Waals surface area contributed by atoms with Gasteiger partial charge in [0.15, 0.2) is 5.13 Å². The highest BCUT2D eigenvalue weighted by Gasteiger charge is 2.19. The van der Waals surface area contributed by atoms with E-state index in [1.807, 2.05) is 0 Å². The third-order valence-corrected chi connectivity index (χ3v) is 5.94. The van der Waals surface area contributed by atoms with Gasteiger partial charge in [-0.05, 0) is 54.1 Å². The Labute approximate surface area is 197 Å². The molecule has 0 radical (unpaired) electrons. The summed E-state index contributed by atoms with van der Waals surface area (Å²) in [6.45, 7) is 0. The molecule has 4 rings (SSSR count). The number of nitro benzene ring substituents is 1. The summed E-state index contributed by atoms with van der Waals surface area (Å²) in [6, 6.07) is 16.6. The predicted molar refractivity (Wildman–Crippen MR) is 127 cm³/mol. The summed E-state index contributed by atoms with van der Waals surface area (Å²) in [7, 11) is 2.98. The van der Waals surface area contributed by atoms with Crippen molar-refractivity contribution in [3.8, 4) is 33.2 Å². The van der Waals surface area contributed by atoms with Crippen LogP contribution in [0, 0.1) is 15.9 Å². The Hall–Kier alpha value is -4.31. The number of ether oxygens (including phenoxy) is 2. The van der Waals surface area contributed by atoms with Gasteiger partial charge < -0.3 is 9.47 Å². The molecule has 0 atom stereocenters. The van der Waals surface area contributed by atoms with E-state index in [0.29, 0.717) is 43.9 Å². The van der Waals surface area contributed by atoms with Crippen molar-refractivity contribution in [1.29, 1.82) is 0 Å². The van der Waals surface area contributed by atoms with Gasteiger partial charge in [-0.1, -0.05) is 11.3 Å². The Kier molecular flexibility index (Phi) is 6.51. The first-order chi connectivity index (χ1) is 16.4. The van der Waals surface area contributed by atoms with Gasteiger partial charge in [-0.3, -0.25) is 20.2 Å². The second kappa shape index (κ2) is 9.67. The molecule has 0 aliphatic carbocycles. The molecule has 1 amide bonds. The minimum atomic E-state index is -0.481. The average Bonchev–Trinajstić information content (AvgIpc) is 3.27. The molecule has 0 unspecified atom stereocenters. The number of halogens is 1. The Morgan fingerprint density at radius 1 is 0.971 bits per heavy atom. The number of hydrogen-bond donors (Lipinski definition) is 1. The lowest BCUT2D eigenvalue weighted by Gasteiger charge is -2.08. The fourth-order valence-electron chi connectivity index (χ4n) is 3.22. The zero-order chi connectivity index (χ0) is 24.2. The average molecular weight is 479 g/mol. The number of carbonyl (C=O) groups excluding carboxylic acids is 1. The van der Waals surface area contributed by atoms with Gasteiger partial charge in [-0.15, -0.1) is 0 Å². The summed E-state index contributed by atoms with van der Waals surface area (Å²) >= 11 is 1.20. The molecular weight excluding hydrogens is 461 g/mol. The monoisotopic (exact) mass is 479 g/mol. The summed E-state index contributed by atoms with van der Waals surface area (Å²) in [6.07, 6.45) is 0. The molecule has 0 fully saturated rings. The van der Waals surface area contributed by atoms with Crippen LogP contribution < -0.4 is 14.8 Å². The van der Waals surface area contributed by atoms with Crippen molar-refractivity contribution in [2.75, 3.05) is 19.5 Å². The van der Waals surface area contributed by atoms with E-state index in [2.05, 4.69) is 10.3 Å². The predicted octanol–water partition coefficient (Wildman–Crippen LogP) is 5.79. The number of aromatic nitrogens is 1. The van der Waals surface area contributed by atoms with Crippen LogP contribution in [-0.4, -0.2) is 30.0 Å². The third-order valence-electron chi connectivity index (χ3n) is 4.92. The fraction of sp³-hybridized carbons (Fsp3) is 0.0833. The van der Waals surface area contributed by atoms with Crippen LogP contribution >= 0.6 is 11.3 Å². The number of amides is 1. The van der Waals surface area contributed by atoms with E-state index >= 15 is 0 Å². The maximum atomic E-state index is 13.5. The molecular formula is C24H18FN3O5S. The second-order valence-corrected chi connectivity index (χ2v) is 8.06. The first-order valence-electron chi connectivity index (χ1n) is 9.94. The molecule has 3 aromatic carbocycles. The Balaban J connectivity index is 1.72. The van der Waals surface area contributed by atoms with Crippen molar-refractivity contribution < 1.29 is 23.6 Å². The van der Waals surface area contributed by atoms with E-state index in [1.54, 1.807) is 42.5 Å². The van der Waals surface area contributed by atoms with E-state index in [1.165, 1.54) is 49.8 Å². The maximum Gasteiger partial charge on any atom is 0.269 e. The number of nitrogens with one attached hydrogen (secondary N) is 1. The molecule has 1 aromatic heterocycles. The van der Waals surface area contributed by atoms with Crippen molar-refractivity contribution in [3.05, 3.63) is 88.2 Å². The number of benzene rings is 3. The molecule has 0 spiro atoms. The van der Waals surface area contributed by atoms with Gasteiger partial charge in [0.2, 0.25) is 0 Å². The van der Waals surface area contributed by atoms with Crippen molar-refractivity contribution in [1.82, 2.24) is 4.98 Å². The van der Waals surface area contributed by atoms with Crippen molar-refractivity contribution in [3.63, 3.8) is 0 Å².